The third-order valence-corrected chi connectivity index (χ3v) is 7.30. The highest BCUT2D eigenvalue weighted by Crippen LogP contribution is 2.39. The highest BCUT2D eigenvalue weighted by Gasteiger charge is 2.36. The Morgan fingerprint density at radius 3 is 2.46 bits per heavy atom. The van der Waals surface area contributed by atoms with Crippen LogP contribution in [-0.2, 0) is 21.9 Å². The normalized spacial score (nSPS) is 14.9. The van der Waals surface area contributed by atoms with E-state index in [1.165, 1.54) is 5.56 Å². The highest BCUT2D eigenvalue weighted by molar-refractivity contribution is 7.98. The van der Waals surface area contributed by atoms with Gasteiger partial charge in [0.25, 0.3) is 0 Å². The minimum Gasteiger partial charge on any atom is -0.457 e. The zero-order valence-electron chi connectivity index (χ0n) is 20.2. The number of hydrogen-bond donors (Lipinski definition) is 2. The van der Waals surface area contributed by atoms with E-state index >= 15 is 0 Å². The maximum absolute atomic E-state index is 13.6. The van der Waals surface area contributed by atoms with Crippen molar-refractivity contribution in [2.75, 3.05) is 5.32 Å². The molecule has 37 heavy (non-hydrogen) atoms. The molecule has 1 aliphatic rings. The van der Waals surface area contributed by atoms with Gasteiger partial charge in [0.2, 0.25) is 11.1 Å². The van der Waals surface area contributed by atoms with Crippen LogP contribution in [0.5, 0.6) is 0 Å². The van der Waals surface area contributed by atoms with Crippen LogP contribution in [0.1, 0.15) is 29.7 Å². The minimum absolute atomic E-state index is 0.194. The Balaban J connectivity index is 1.36. The fraction of sp³-hybridized carbons (Fsp3) is 0.138. The van der Waals surface area contributed by atoms with Gasteiger partial charge in [-0.1, -0.05) is 90.6 Å². The van der Waals surface area contributed by atoms with E-state index in [1.807, 2.05) is 85.9 Å². The van der Waals surface area contributed by atoms with Gasteiger partial charge < -0.3 is 15.0 Å². The molecule has 1 aliphatic heterocycles. The van der Waals surface area contributed by atoms with Crippen LogP contribution in [0.15, 0.2) is 108 Å². The summed E-state index contributed by atoms with van der Waals surface area (Å²) in [6.07, 6.45) is 1.95. The molecule has 2 aromatic heterocycles. The number of nitrogens with one attached hydrogen (secondary N) is 2. The van der Waals surface area contributed by atoms with E-state index in [-0.39, 0.29) is 12.6 Å². The molecule has 2 N–H and O–H groups in total. The predicted octanol–water partition coefficient (Wildman–Crippen LogP) is 6.08. The average molecular weight is 508 g/mol. The summed E-state index contributed by atoms with van der Waals surface area (Å²) in [5.74, 6) is 0.965. The van der Waals surface area contributed by atoms with Crippen molar-refractivity contribution in [2.45, 2.75) is 30.5 Å². The van der Waals surface area contributed by atoms with Crippen molar-refractivity contribution in [3.05, 3.63) is 119 Å². The second-order valence-electron chi connectivity index (χ2n) is 8.85. The van der Waals surface area contributed by atoms with Crippen LogP contribution >= 0.6 is 11.8 Å². The standard InChI is InChI=1S/C29H25N5O2S/c1-19-25(27(35)36-17-20-10-4-2-5-11-20)26(23-16-30-24-15-9-8-14-22(23)24)34-28(31-19)32-29(33-34)37-18-21-12-6-3-7-13-21/h2-16,26,30H,17-18H2,1H3,(H,31,32,33). The number of hydrogen-bond acceptors (Lipinski definition) is 6. The molecule has 0 bridgehead atoms. The summed E-state index contributed by atoms with van der Waals surface area (Å²) in [4.78, 5) is 21.6. The van der Waals surface area contributed by atoms with Gasteiger partial charge in [-0.15, -0.1) is 5.10 Å². The third kappa shape index (κ3) is 4.63. The summed E-state index contributed by atoms with van der Waals surface area (Å²) in [7, 11) is 0. The van der Waals surface area contributed by atoms with Gasteiger partial charge in [-0.05, 0) is 24.1 Å². The number of allylic oxidation sites excluding steroid dienone is 1. The molecule has 5 aromatic rings. The van der Waals surface area contributed by atoms with Crippen molar-refractivity contribution in [1.82, 2.24) is 19.7 Å². The summed E-state index contributed by atoms with van der Waals surface area (Å²) in [5.41, 5.74) is 5.27. The number of benzene rings is 3. The lowest BCUT2D eigenvalue weighted by molar-refractivity contribution is -0.140. The molecule has 6 rings (SSSR count). The average Bonchev–Trinajstić information content (AvgIpc) is 3.55. The highest BCUT2D eigenvalue weighted by atomic mass is 32.2. The molecule has 184 valence electrons. The number of rotatable bonds is 7. The molecule has 0 amide bonds. The van der Waals surface area contributed by atoms with Gasteiger partial charge in [-0.3, -0.25) is 0 Å². The Bertz CT molecular complexity index is 1590. The van der Waals surface area contributed by atoms with Crippen molar-refractivity contribution in [3.8, 4) is 0 Å². The molecule has 0 radical (unpaired) electrons. The number of ether oxygens (including phenoxy) is 1. The monoisotopic (exact) mass is 507 g/mol. The first-order valence-corrected chi connectivity index (χ1v) is 13.0. The third-order valence-electron chi connectivity index (χ3n) is 6.39. The lowest BCUT2D eigenvalue weighted by Gasteiger charge is -2.27. The zero-order valence-corrected chi connectivity index (χ0v) is 21.0. The number of H-pyrrole nitrogens is 1. The second kappa shape index (κ2) is 9.99. The lowest BCUT2D eigenvalue weighted by Crippen LogP contribution is -2.29. The van der Waals surface area contributed by atoms with Gasteiger partial charge >= 0.3 is 5.97 Å². The summed E-state index contributed by atoms with van der Waals surface area (Å²) in [5, 5.41) is 9.80. The predicted molar refractivity (Wildman–Crippen MR) is 145 cm³/mol. The number of carbonyl (C=O) groups is 1. The molecule has 0 spiro atoms. The number of aromatic amines is 1. The van der Waals surface area contributed by atoms with Gasteiger partial charge in [0.1, 0.15) is 12.6 Å². The van der Waals surface area contributed by atoms with Gasteiger partial charge in [-0.25, -0.2) is 9.48 Å². The summed E-state index contributed by atoms with van der Waals surface area (Å²) in [6, 6.07) is 27.5. The van der Waals surface area contributed by atoms with Crippen molar-refractivity contribution in [3.63, 3.8) is 0 Å². The number of anilines is 1. The topological polar surface area (TPSA) is 84.8 Å². The molecule has 8 heteroatoms. The summed E-state index contributed by atoms with van der Waals surface area (Å²) >= 11 is 1.56. The summed E-state index contributed by atoms with van der Waals surface area (Å²) in [6.45, 7) is 2.08. The Labute approximate surface area is 218 Å². The van der Waals surface area contributed by atoms with Crippen LogP contribution in [0.3, 0.4) is 0 Å². The Morgan fingerprint density at radius 2 is 1.68 bits per heavy atom. The molecule has 1 atom stereocenters. The van der Waals surface area contributed by atoms with E-state index in [2.05, 4.69) is 22.4 Å². The number of para-hydroxylation sites is 1. The lowest BCUT2D eigenvalue weighted by atomic mass is 9.95. The van der Waals surface area contributed by atoms with Crippen LogP contribution in [0, 0.1) is 0 Å². The van der Waals surface area contributed by atoms with Gasteiger partial charge in [-0.2, -0.15) is 4.98 Å². The quantitative estimate of drug-likeness (QED) is 0.205. The van der Waals surface area contributed by atoms with E-state index in [9.17, 15) is 4.79 Å². The first-order valence-electron chi connectivity index (χ1n) is 12.1. The maximum atomic E-state index is 13.6. The smallest absolute Gasteiger partial charge is 0.338 e. The first kappa shape index (κ1) is 23.1. The number of nitrogens with zero attached hydrogens (tertiary/aromatic N) is 3. The van der Waals surface area contributed by atoms with Crippen LogP contribution in [0.2, 0.25) is 0 Å². The van der Waals surface area contributed by atoms with Crippen LogP contribution < -0.4 is 5.32 Å². The molecule has 3 heterocycles. The first-order chi connectivity index (χ1) is 18.2. The van der Waals surface area contributed by atoms with Crippen LogP contribution in [0.25, 0.3) is 10.9 Å². The number of thioether (sulfide) groups is 1. The summed E-state index contributed by atoms with van der Waals surface area (Å²) < 4.78 is 7.59. The molecule has 3 aromatic carbocycles. The van der Waals surface area contributed by atoms with E-state index in [0.29, 0.717) is 22.4 Å². The van der Waals surface area contributed by atoms with E-state index < -0.39 is 6.04 Å². The van der Waals surface area contributed by atoms with Crippen LogP contribution in [-0.4, -0.2) is 25.7 Å². The van der Waals surface area contributed by atoms with E-state index in [4.69, 9.17) is 14.8 Å². The molecule has 0 fully saturated rings. The van der Waals surface area contributed by atoms with Gasteiger partial charge in [0.05, 0.1) is 5.57 Å². The molecule has 0 aliphatic carbocycles. The largest absolute Gasteiger partial charge is 0.457 e. The number of aromatic nitrogens is 4. The van der Waals surface area contributed by atoms with E-state index in [1.54, 1.807) is 16.4 Å². The van der Waals surface area contributed by atoms with Crippen LogP contribution in [0.4, 0.5) is 5.95 Å². The SMILES string of the molecule is CC1=C(C(=O)OCc2ccccc2)C(c2c[nH]c3ccccc23)n2nc(SCc3ccccc3)nc2N1. The minimum atomic E-state index is -0.491. The Morgan fingerprint density at radius 1 is 0.973 bits per heavy atom. The van der Waals surface area contributed by atoms with Crippen molar-refractivity contribution >= 4 is 34.6 Å². The fourth-order valence-electron chi connectivity index (χ4n) is 4.59. The molecular formula is C29H25N5O2S. The second-order valence-corrected chi connectivity index (χ2v) is 9.80. The van der Waals surface area contributed by atoms with Crippen molar-refractivity contribution in [2.24, 2.45) is 0 Å². The molecule has 7 nitrogen and oxygen atoms in total. The Hall–Kier alpha value is -4.30. The molecule has 0 saturated heterocycles. The number of esters is 1. The number of carbonyl (C=O) groups excluding carboxylic acids is 1. The molecular weight excluding hydrogens is 482 g/mol. The van der Waals surface area contributed by atoms with Crippen molar-refractivity contribution < 1.29 is 9.53 Å². The Kier molecular flexibility index (Phi) is 6.24. The van der Waals surface area contributed by atoms with E-state index in [0.717, 1.165) is 27.8 Å². The molecule has 0 saturated carbocycles. The zero-order chi connectivity index (χ0) is 25.2. The van der Waals surface area contributed by atoms with Gasteiger partial charge in [0, 0.05) is 34.1 Å². The number of fused-ring (bicyclic) bond motifs is 2. The maximum Gasteiger partial charge on any atom is 0.338 e. The van der Waals surface area contributed by atoms with Gasteiger partial charge in [0.15, 0.2) is 0 Å². The fourth-order valence-corrected chi connectivity index (χ4v) is 5.37. The van der Waals surface area contributed by atoms with Crippen molar-refractivity contribution in [1.29, 1.82) is 0 Å². The molecule has 1 unspecified atom stereocenters.